The molecule has 7 nitrogen and oxygen atoms in total. The highest BCUT2D eigenvalue weighted by Gasteiger charge is 2.22. The molecule has 0 aliphatic heterocycles. The second-order valence-electron chi connectivity index (χ2n) is 6.57. The van der Waals surface area contributed by atoms with Gasteiger partial charge in [-0.25, -0.2) is 12.4 Å². The third-order valence-corrected chi connectivity index (χ3v) is 6.28. The molecule has 0 fully saturated rings. The highest BCUT2D eigenvalue weighted by Crippen LogP contribution is 2.34. The van der Waals surface area contributed by atoms with Crippen molar-refractivity contribution in [3.8, 4) is 11.5 Å². The number of aliphatic imine (C=N–C) groups is 1. The summed E-state index contributed by atoms with van der Waals surface area (Å²) in [7, 11) is 2.99. The Hall–Kier alpha value is -2.55. The van der Waals surface area contributed by atoms with E-state index in [1.165, 1.54) is 29.4 Å². The summed E-state index contributed by atoms with van der Waals surface area (Å²) in [5.41, 5.74) is 0.893. The molecule has 0 bridgehead atoms. The van der Waals surface area contributed by atoms with Crippen LogP contribution in [0.1, 0.15) is 0 Å². The monoisotopic (exact) mass is 435 g/mol. The van der Waals surface area contributed by atoms with Gasteiger partial charge < -0.3 is 14.4 Å². The lowest BCUT2D eigenvalue weighted by molar-refractivity contribution is 0.415. The summed E-state index contributed by atoms with van der Waals surface area (Å²) in [5.74, 6) is 1.08. The van der Waals surface area contributed by atoms with E-state index in [1.54, 1.807) is 37.6 Å². The predicted molar refractivity (Wildman–Crippen MR) is 116 cm³/mol. The number of hydrogen-bond donors (Lipinski definition) is 0. The number of hydrogen-bond acceptors (Lipinski definition) is 6. The van der Waals surface area contributed by atoms with Crippen molar-refractivity contribution in [1.29, 1.82) is 0 Å². The van der Waals surface area contributed by atoms with Crippen LogP contribution < -0.4 is 9.47 Å². The smallest absolute Gasteiger partial charge is 0.268 e. The van der Waals surface area contributed by atoms with Crippen molar-refractivity contribution in [3.63, 3.8) is 0 Å². The van der Waals surface area contributed by atoms with Gasteiger partial charge in [-0.3, -0.25) is 4.99 Å². The molecule has 0 saturated heterocycles. The summed E-state index contributed by atoms with van der Waals surface area (Å²) in [6.45, 7) is 0.611. The Kier molecular flexibility index (Phi) is 6.16. The van der Waals surface area contributed by atoms with Crippen molar-refractivity contribution >= 4 is 44.4 Å². The molecule has 3 aromatic rings. The zero-order chi connectivity index (χ0) is 21.2. The highest BCUT2D eigenvalue weighted by atomic mass is 35.5. The average Bonchev–Trinajstić information content (AvgIpc) is 3.04. The molecule has 0 atom stereocenters. The van der Waals surface area contributed by atoms with Gasteiger partial charge in [-0.1, -0.05) is 11.6 Å². The molecule has 0 radical (unpaired) electrons. The normalized spacial score (nSPS) is 12.2. The van der Waals surface area contributed by atoms with E-state index < -0.39 is 10.0 Å². The van der Waals surface area contributed by atoms with Crippen LogP contribution in [0, 0.1) is 0 Å². The van der Waals surface area contributed by atoms with E-state index in [-0.39, 0.29) is 4.90 Å². The van der Waals surface area contributed by atoms with Crippen LogP contribution in [0.5, 0.6) is 11.5 Å². The minimum atomic E-state index is -3.90. The molecule has 0 N–H and O–H groups in total. The van der Waals surface area contributed by atoms with Crippen LogP contribution in [-0.2, 0) is 10.0 Å². The van der Waals surface area contributed by atoms with E-state index >= 15 is 0 Å². The first kappa shape index (κ1) is 21.2. The third-order valence-electron chi connectivity index (χ3n) is 4.31. The molecule has 1 aromatic heterocycles. The van der Waals surface area contributed by atoms with Crippen molar-refractivity contribution in [2.45, 2.75) is 4.90 Å². The van der Waals surface area contributed by atoms with Gasteiger partial charge in [0.15, 0.2) is 0 Å². The number of fused-ring (bicyclic) bond motifs is 1. The van der Waals surface area contributed by atoms with Crippen molar-refractivity contribution in [2.75, 3.05) is 34.9 Å². The zero-order valence-electron chi connectivity index (χ0n) is 16.6. The fraction of sp³-hybridized carbons (Fsp3) is 0.250. The Morgan fingerprint density at radius 3 is 2.55 bits per heavy atom. The molecule has 1 heterocycles. The minimum Gasteiger partial charge on any atom is -0.497 e. The first-order valence-corrected chi connectivity index (χ1v) is 10.5. The number of ether oxygens (including phenoxy) is 2. The maximum absolute atomic E-state index is 13.3. The van der Waals surface area contributed by atoms with E-state index in [4.69, 9.17) is 21.1 Å². The molecular weight excluding hydrogens is 414 g/mol. The second-order valence-corrected chi connectivity index (χ2v) is 8.79. The lowest BCUT2D eigenvalue weighted by Crippen LogP contribution is -2.13. The minimum absolute atomic E-state index is 0.0830. The second kappa shape index (κ2) is 8.44. The number of benzene rings is 2. The van der Waals surface area contributed by atoms with Crippen LogP contribution in [0.25, 0.3) is 10.9 Å². The quantitative estimate of drug-likeness (QED) is 0.527. The number of aromatic nitrogens is 1. The molecule has 3 rings (SSSR count). The molecule has 0 aliphatic carbocycles. The van der Waals surface area contributed by atoms with Crippen LogP contribution in [0.3, 0.4) is 0 Å². The number of nitrogens with zero attached hydrogens (tertiary/aromatic N) is 3. The Morgan fingerprint density at radius 1 is 1.14 bits per heavy atom. The van der Waals surface area contributed by atoms with Gasteiger partial charge >= 0.3 is 0 Å². The number of rotatable bonds is 7. The van der Waals surface area contributed by atoms with E-state index in [0.717, 1.165) is 0 Å². The first-order valence-electron chi connectivity index (χ1n) is 8.73. The molecule has 0 saturated carbocycles. The maximum atomic E-state index is 13.3. The summed E-state index contributed by atoms with van der Waals surface area (Å²) in [6.07, 6.45) is 3.09. The lowest BCUT2D eigenvalue weighted by Gasteiger charge is -2.11. The summed E-state index contributed by atoms with van der Waals surface area (Å²) in [4.78, 5) is 6.39. The largest absolute Gasteiger partial charge is 0.497 e. The fourth-order valence-electron chi connectivity index (χ4n) is 2.81. The van der Waals surface area contributed by atoms with E-state index in [2.05, 4.69) is 4.99 Å². The van der Waals surface area contributed by atoms with Gasteiger partial charge in [0.05, 0.1) is 29.7 Å². The van der Waals surface area contributed by atoms with Crippen molar-refractivity contribution < 1.29 is 17.9 Å². The van der Waals surface area contributed by atoms with Crippen LogP contribution >= 0.6 is 11.6 Å². The van der Waals surface area contributed by atoms with Gasteiger partial charge in [-0.2, -0.15) is 0 Å². The van der Waals surface area contributed by atoms with Gasteiger partial charge in [0.2, 0.25) is 0 Å². The van der Waals surface area contributed by atoms with E-state index in [1.807, 2.05) is 19.0 Å². The van der Waals surface area contributed by atoms with Gasteiger partial charge in [0.25, 0.3) is 10.0 Å². The molecule has 0 amide bonds. The van der Waals surface area contributed by atoms with Gasteiger partial charge in [-0.05, 0) is 50.5 Å². The Bertz CT molecular complexity index is 1170. The van der Waals surface area contributed by atoms with Crippen LogP contribution in [0.4, 0.5) is 5.69 Å². The van der Waals surface area contributed by atoms with Crippen LogP contribution in [0.15, 0.2) is 52.5 Å². The number of methoxy groups -OCH3 is 2. The predicted octanol–water partition coefficient (Wildman–Crippen LogP) is 3.81. The van der Waals surface area contributed by atoms with Gasteiger partial charge in [0, 0.05) is 24.3 Å². The molecule has 0 unspecified atom stereocenters. The summed E-state index contributed by atoms with van der Waals surface area (Å²) in [5, 5.41) is 0.910. The molecule has 154 valence electrons. The third kappa shape index (κ3) is 4.24. The standard InChI is InChI=1S/C20H22ClN3O4S/c1-23(2)10-9-22-18-12-15(6-8-20(18)28-4)29(25,26)24-13-17(21)16-11-14(27-3)5-7-19(16)24/h5-9,11-13H,10H2,1-4H3. The lowest BCUT2D eigenvalue weighted by atomic mass is 10.2. The van der Waals surface area contributed by atoms with Crippen molar-refractivity contribution in [2.24, 2.45) is 4.99 Å². The Morgan fingerprint density at radius 2 is 1.90 bits per heavy atom. The summed E-state index contributed by atoms with van der Waals surface area (Å²) >= 11 is 6.29. The van der Waals surface area contributed by atoms with Gasteiger partial charge in [0.1, 0.15) is 17.2 Å². The Balaban J connectivity index is 2.10. The fourth-order valence-corrected chi connectivity index (χ4v) is 4.51. The van der Waals surface area contributed by atoms with Gasteiger partial charge in [-0.15, -0.1) is 0 Å². The van der Waals surface area contributed by atoms with Crippen molar-refractivity contribution in [1.82, 2.24) is 8.87 Å². The highest BCUT2D eigenvalue weighted by molar-refractivity contribution is 7.90. The first-order chi connectivity index (χ1) is 13.8. The van der Waals surface area contributed by atoms with E-state index in [9.17, 15) is 8.42 Å². The zero-order valence-corrected chi connectivity index (χ0v) is 18.2. The van der Waals surface area contributed by atoms with Crippen LogP contribution in [-0.4, -0.2) is 58.4 Å². The summed E-state index contributed by atoms with van der Waals surface area (Å²) in [6, 6.07) is 9.62. The molecule has 0 aliphatic rings. The maximum Gasteiger partial charge on any atom is 0.268 e. The van der Waals surface area contributed by atoms with Crippen LogP contribution in [0.2, 0.25) is 5.02 Å². The molecule has 0 spiro atoms. The molecule has 29 heavy (non-hydrogen) atoms. The molecule has 9 heteroatoms. The van der Waals surface area contributed by atoms with Crippen molar-refractivity contribution in [3.05, 3.63) is 47.6 Å². The average molecular weight is 436 g/mol. The molecular formula is C20H22ClN3O4S. The number of halogens is 1. The molecule has 2 aromatic carbocycles. The SMILES string of the molecule is COc1ccc2c(c1)c(Cl)cn2S(=O)(=O)c1ccc(OC)c(N=CCN(C)C)c1. The topological polar surface area (TPSA) is 73.1 Å². The Labute approximate surface area is 175 Å². The van der Waals surface area contributed by atoms with E-state index in [0.29, 0.717) is 39.7 Å². The summed E-state index contributed by atoms with van der Waals surface area (Å²) < 4.78 is 38.3.